The van der Waals surface area contributed by atoms with Gasteiger partial charge in [-0.3, -0.25) is 0 Å². The van der Waals surface area contributed by atoms with Crippen LogP contribution in [-0.2, 0) is 4.79 Å². The van der Waals surface area contributed by atoms with Crippen LogP contribution in [0.15, 0.2) is 72.1 Å². The van der Waals surface area contributed by atoms with Crippen LogP contribution in [0.2, 0.25) is 0 Å². The lowest BCUT2D eigenvalue weighted by Crippen LogP contribution is -2.29. The molecule has 0 saturated heterocycles. The molecule has 0 saturated carbocycles. The van der Waals surface area contributed by atoms with Crippen molar-refractivity contribution in [1.29, 1.82) is 5.26 Å². The van der Waals surface area contributed by atoms with E-state index in [1.54, 1.807) is 36.4 Å². The molecule has 184 valence electrons. The Kier molecular flexibility index (Phi) is 6.97. The predicted octanol–water partition coefficient (Wildman–Crippen LogP) is 4.43. The van der Waals surface area contributed by atoms with Crippen molar-refractivity contribution in [3.05, 3.63) is 89.1 Å². The van der Waals surface area contributed by atoms with E-state index in [1.807, 2.05) is 0 Å². The van der Waals surface area contributed by atoms with Gasteiger partial charge in [-0.25, -0.2) is 9.18 Å². The first-order valence-electron chi connectivity index (χ1n) is 10.9. The molecule has 0 amide bonds. The van der Waals surface area contributed by atoms with Gasteiger partial charge in [-0.2, -0.15) is 5.26 Å². The van der Waals surface area contributed by atoms with Gasteiger partial charge in [-0.1, -0.05) is 30.3 Å². The van der Waals surface area contributed by atoms with Gasteiger partial charge in [0, 0.05) is 17.2 Å². The highest BCUT2D eigenvalue weighted by Crippen LogP contribution is 2.47. The van der Waals surface area contributed by atoms with Gasteiger partial charge in [0.1, 0.15) is 23.1 Å². The Hall–Kier alpha value is -4.71. The second-order valence-corrected chi connectivity index (χ2v) is 7.82. The number of carbonyl (C=O) groups excluding carboxylic acids is 1. The minimum absolute atomic E-state index is 0.0623. The smallest absolute Gasteiger partial charge is 0.352 e. The topological polar surface area (TPSA) is 113 Å². The fraction of sp³-hybridized carbons (Fsp3) is 0.185. The summed E-state index contributed by atoms with van der Waals surface area (Å²) in [5.41, 5.74) is 7.56. The van der Waals surface area contributed by atoms with Gasteiger partial charge in [-0.05, 0) is 31.2 Å². The number of para-hydroxylation sites is 2. The standard InChI is InChI=1S/C27H23FN2O6/c1-15(34-21-9-5-4-8-20(21)28)27(31)35-16-11-12-17-23(13-16)36-26(30)19(14-29)24(17)18-7-6-10-22(32-2)25(18)33-3/h4-13,15,24H,30H2,1-3H3. The summed E-state index contributed by atoms with van der Waals surface area (Å²) in [6, 6.07) is 17.9. The summed E-state index contributed by atoms with van der Waals surface area (Å²) < 4.78 is 41.4. The molecule has 1 aliphatic heterocycles. The lowest BCUT2D eigenvalue weighted by molar-refractivity contribution is -0.141. The third-order valence-corrected chi connectivity index (χ3v) is 5.63. The molecular formula is C27H23FN2O6. The lowest BCUT2D eigenvalue weighted by atomic mass is 9.83. The first-order valence-corrected chi connectivity index (χ1v) is 10.9. The van der Waals surface area contributed by atoms with Crippen LogP contribution in [0.1, 0.15) is 24.0 Å². The summed E-state index contributed by atoms with van der Waals surface area (Å²) in [6.45, 7) is 1.45. The van der Waals surface area contributed by atoms with E-state index in [9.17, 15) is 14.4 Å². The van der Waals surface area contributed by atoms with Crippen LogP contribution in [0, 0.1) is 17.1 Å². The highest BCUT2D eigenvalue weighted by atomic mass is 19.1. The molecule has 8 nitrogen and oxygen atoms in total. The van der Waals surface area contributed by atoms with E-state index in [0.717, 1.165) is 0 Å². The molecule has 0 aliphatic carbocycles. The summed E-state index contributed by atoms with van der Waals surface area (Å²) in [7, 11) is 3.03. The molecule has 2 unspecified atom stereocenters. The van der Waals surface area contributed by atoms with Crippen molar-refractivity contribution in [1.82, 2.24) is 0 Å². The number of allylic oxidation sites excluding steroid dienone is 1. The fourth-order valence-corrected chi connectivity index (χ4v) is 3.94. The predicted molar refractivity (Wildman–Crippen MR) is 127 cm³/mol. The van der Waals surface area contributed by atoms with E-state index >= 15 is 0 Å². The molecule has 2 atom stereocenters. The Morgan fingerprint density at radius 2 is 1.81 bits per heavy atom. The molecule has 3 aromatic rings. The van der Waals surface area contributed by atoms with E-state index in [2.05, 4.69) is 6.07 Å². The van der Waals surface area contributed by atoms with Gasteiger partial charge in [0.05, 0.1) is 20.1 Å². The monoisotopic (exact) mass is 490 g/mol. The number of nitrogens with zero attached hydrogens (tertiary/aromatic N) is 1. The average Bonchev–Trinajstić information content (AvgIpc) is 2.88. The molecule has 0 bridgehead atoms. The first kappa shape index (κ1) is 24.4. The molecule has 4 rings (SSSR count). The fourth-order valence-electron chi connectivity index (χ4n) is 3.94. The van der Waals surface area contributed by atoms with Gasteiger partial charge in [0.2, 0.25) is 5.88 Å². The van der Waals surface area contributed by atoms with Crippen LogP contribution >= 0.6 is 0 Å². The molecule has 1 aliphatic rings. The van der Waals surface area contributed by atoms with Crippen LogP contribution in [0.25, 0.3) is 0 Å². The summed E-state index contributed by atoms with van der Waals surface area (Å²) in [6.07, 6.45) is -1.08. The van der Waals surface area contributed by atoms with Crippen molar-refractivity contribution in [2.24, 2.45) is 5.73 Å². The number of methoxy groups -OCH3 is 2. The van der Waals surface area contributed by atoms with Gasteiger partial charge < -0.3 is 29.4 Å². The molecule has 36 heavy (non-hydrogen) atoms. The largest absolute Gasteiger partial charge is 0.493 e. The van der Waals surface area contributed by atoms with E-state index in [4.69, 9.17) is 29.4 Å². The number of fused-ring (bicyclic) bond motifs is 1. The zero-order valence-corrected chi connectivity index (χ0v) is 19.8. The van der Waals surface area contributed by atoms with Gasteiger partial charge in [0.15, 0.2) is 29.2 Å². The third kappa shape index (κ3) is 4.61. The summed E-state index contributed by atoms with van der Waals surface area (Å²) in [5, 5.41) is 9.83. The molecule has 9 heteroatoms. The molecular weight excluding hydrogens is 467 g/mol. The number of esters is 1. The molecule has 3 aromatic carbocycles. The van der Waals surface area contributed by atoms with Crippen molar-refractivity contribution in [2.75, 3.05) is 14.2 Å². The van der Waals surface area contributed by atoms with Gasteiger partial charge in [0.25, 0.3) is 0 Å². The second kappa shape index (κ2) is 10.3. The van der Waals surface area contributed by atoms with Crippen molar-refractivity contribution in [3.8, 4) is 34.8 Å². The van der Waals surface area contributed by atoms with E-state index < -0.39 is 23.8 Å². The Morgan fingerprint density at radius 3 is 2.50 bits per heavy atom. The summed E-state index contributed by atoms with van der Waals surface area (Å²) in [5.74, 6) is -0.678. The number of nitrogens with two attached hydrogens (primary N) is 1. The minimum atomic E-state index is -1.08. The second-order valence-electron chi connectivity index (χ2n) is 7.82. The molecule has 0 fully saturated rings. The van der Waals surface area contributed by atoms with Crippen LogP contribution in [-0.4, -0.2) is 26.3 Å². The average molecular weight is 490 g/mol. The number of carbonyl (C=O) groups is 1. The SMILES string of the molecule is COc1cccc(C2C(C#N)=C(N)Oc3cc(OC(=O)C(C)Oc4ccccc4F)ccc32)c1OC. The van der Waals surface area contributed by atoms with Crippen molar-refractivity contribution >= 4 is 5.97 Å². The minimum Gasteiger partial charge on any atom is -0.493 e. The molecule has 1 heterocycles. The van der Waals surface area contributed by atoms with E-state index in [0.29, 0.717) is 28.4 Å². The number of hydrogen-bond acceptors (Lipinski definition) is 8. The summed E-state index contributed by atoms with van der Waals surface area (Å²) in [4.78, 5) is 12.6. The molecule has 2 N–H and O–H groups in total. The van der Waals surface area contributed by atoms with E-state index in [-0.39, 0.29) is 23.0 Å². The maximum absolute atomic E-state index is 13.9. The molecule has 0 spiro atoms. The molecule has 0 radical (unpaired) electrons. The highest BCUT2D eigenvalue weighted by molar-refractivity contribution is 5.77. The maximum atomic E-state index is 13.9. The van der Waals surface area contributed by atoms with E-state index in [1.165, 1.54) is 45.4 Å². The molecule has 0 aromatic heterocycles. The normalized spacial score (nSPS) is 15.1. The third-order valence-electron chi connectivity index (χ3n) is 5.63. The van der Waals surface area contributed by atoms with Crippen LogP contribution in [0.4, 0.5) is 4.39 Å². The van der Waals surface area contributed by atoms with Gasteiger partial charge >= 0.3 is 5.97 Å². The van der Waals surface area contributed by atoms with Crippen LogP contribution in [0.3, 0.4) is 0 Å². The van der Waals surface area contributed by atoms with Crippen molar-refractivity contribution < 1.29 is 32.9 Å². The van der Waals surface area contributed by atoms with Crippen LogP contribution < -0.4 is 29.4 Å². The number of benzene rings is 3. The highest BCUT2D eigenvalue weighted by Gasteiger charge is 2.34. The van der Waals surface area contributed by atoms with Crippen LogP contribution in [0.5, 0.6) is 28.7 Å². The van der Waals surface area contributed by atoms with Crippen molar-refractivity contribution in [3.63, 3.8) is 0 Å². The number of rotatable bonds is 7. The zero-order chi connectivity index (χ0) is 25.8. The lowest BCUT2D eigenvalue weighted by Gasteiger charge is -2.28. The number of ether oxygens (including phenoxy) is 5. The summed E-state index contributed by atoms with van der Waals surface area (Å²) >= 11 is 0. The maximum Gasteiger partial charge on any atom is 0.352 e. The Bertz CT molecular complexity index is 1380. The Labute approximate surface area is 207 Å². The van der Waals surface area contributed by atoms with Gasteiger partial charge in [-0.15, -0.1) is 0 Å². The Morgan fingerprint density at radius 1 is 1.06 bits per heavy atom. The zero-order valence-electron chi connectivity index (χ0n) is 19.8. The quantitative estimate of drug-likeness (QED) is 0.382. The number of halogens is 1. The number of nitriles is 1. The Balaban J connectivity index is 1.64. The first-order chi connectivity index (χ1) is 17.4. The van der Waals surface area contributed by atoms with Crippen molar-refractivity contribution in [2.45, 2.75) is 18.9 Å². The number of hydrogen-bond donors (Lipinski definition) is 1.